The van der Waals surface area contributed by atoms with E-state index in [0.29, 0.717) is 32.4 Å². The average Bonchev–Trinajstić information content (AvgIpc) is 3.47. The summed E-state index contributed by atoms with van der Waals surface area (Å²) in [4.78, 5) is 44.5. The predicted molar refractivity (Wildman–Crippen MR) is 134 cm³/mol. The van der Waals surface area contributed by atoms with Crippen molar-refractivity contribution in [1.29, 1.82) is 0 Å². The molecule has 0 aromatic carbocycles. The first-order valence-electron chi connectivity index (χ1n) is 12.7. The van der Waals surface area contributed by atoms with Gasteiger partial charge in [0, 0.05) is 18.3 Å². The largest absolute Gasteiger partial charge is 0.465 e. The van der Waals surface area contributed by atoms with Gasteiger partial charge in [-0.3, -0.25) is 14.4 Å². The molecule has 34 heavy (non-hydrogen) atoms. The Bertz CT molecular complexity index is 785. The van der Waals surface area contributed by atoms with Crippen LogP contribution in [-0.2, 0) is 19.1 Å². The number of carbonyl (C=O) groups is 3. The lowest BCUT2D eigenvalue weighted by Crippen LogP contribution is -2.57. The number of esters is 1. The Hall–Kier alpha value is -1.80. The normalized spacial score (nSPS) is 30.2. The highest BCUT2D eigenvalue weighted by Crippen LogP contribution is 2.67. The van der Waals surface area contributed by atoms with Gasteiger partial charge in [0.15, 0.2) is 0 Å². The monoisotopic (exact) mass is 492 g/mol. The number of likely N-dealkylation sites (tertiary alicyclic amines) is 1. The van der Waals surface area contributed by atoms with Gasteiger partial charge in [-0.1, -0.05) is 38.8 Å². The first kappa shape index (κ1) is 26.8. The van der Waals surface area contributed by atoms with Crippen molar-refractivity contribution >= 4 is 29.5 Å². The fourth-order valence-corrected chi connectivity index (χ4v) is 8.14. The molecule has 0 aliphatic carbocycles. The van der Waals surface area contributed by atoms with Crippen LogP contribution in [0.2, 0.25) is 0 Å². The van der Waals surface area contributed by atoms with E-state index in [-0.39, 0.29) is 36.2 Å². The Morgan fingerprint density at radius 1 is 1.32 bits per heavy atom. The number of ether oxygens (including phenoxy) is 1. The fraction of sp³-hybridized carbons (Fsp3) is 0.731. The lowest BCUT2D eigenvalue weighted by atomic mass is 9.71. The van der Waals surface area contributed by atoms with Gasteiger partial charge in [-0.25, -0.2) is 0 Å². The van der Waals surface area contributed by atoms with Crippen LogP contribution in [0.5, 0.6) is 0 Å². The highest BCUT2D eigenvalue weighted by Gasteiger charge is 2.74. The van der Waals surface area contributed by atoms with Crippen molar-refractivity contribution in [1.82, 2.24) is 9.80 Å². The van der Waals surface area contributed by atoms with E-state index >= 15 is 0 Å². The standard InChI is InChI=1S/C26H40N2O5S/c1-5-9-11-15-27(14-7-3)24(31)22-26-13-12-19(34-26)20(25(32)33-16-10-6-2)21(26)23(30)28(22)18(8-4)17-29/h6-7,18-22,29H,2-3,5,8-17H2,1,4H3/t18-,19+,20-,21-,22?,26?/m0/s1. The number of carbonyl (C=O) groups excluding carboxylic acids is 3. The number of aliphatic hydroxyl groups is 1. The molecule has 0 aromatic rings. The lowest BCUT2D eigenvalue weighted by Gasteiger charge is -2.39. The third kappa shape index (κ3) is 4.68. The van der Waals surface area contributed by atoms with Crippen LogP contribution in [0, 0.1) is 11.8 Å². The highest BCUT2D eigenvalue weighted by molar-refractivity contribution is 8.02. The molecule has 3 aliphatic rings. The second-order valence-electron chi connectivity index (χ2n) is 9.57. The first-order valence-corrected chi connectivity index (χ1v) is 13.6. The number of aliphatic hydroxyl groups excluding tert-OH is 1. The van der Waals surface area contributed by atoms with Gasteiger partial charge in [-0.15, -0.1) is 24.9 Å². The number of thioether (sulfide) groups is 1. The van der Waals surface area contributed by atoms with Crippen LogP contribution in [0.3, 0.4) is 0 Å². The highest BCUT2D eigenvalue weighted by atomic mass is 32.2. The van der Waals surface area contributed by atoms with Crippen LogP contribution in [-0.4, -0.2) is 81.1 Å². The Morgan fingerprint density at radius 3 is 2.71 bits per heavy atom. The Morgan fingerprint density at radius 2 is 2.09 bits per heavy atom. The summed E-state index contributed by atoms with van der Waals surface area (Å²) >= 11 is 1.63. The van der Waals surface area contributed by atoms with E-state index < -0.39 is 28.7 Å². The van der Waals surface area contributed by atoms with Crippen LogP contribution in [0.4, 0.5) is 0 Å². The molecule has 2 amide bonds. The minimum atomic E-state index is -0.690. The van der Waals surface area contributed by atoms with E-state index in [2.05, 4.69) is 20.1 Å². The van der Waals surface area contributed by atoms with Gasteiger partial charge in [0.05, 0.1) is 35.8 Å². The van der Waals surface area contributed by atoms with E-state index in [9.17, 15) is 19.5 Å². The van der Waals surface area contributed by atoms with Crippen molar-refractivity contribution < 1.29 is 24.2 Å². The average molecular weight is 493 g/mol. The maximum absolute atomic E-state index is 14.1. The summed E-state index contributed by atoms with van der Waals surface area (Å²) in [6.07, 6.45) is 8.96. The summed E-state index contributed by atoms with van der Waals surface area (Å²) in [7, 11) is 0. The number of rotatable bonds is 14. The molecule has 3 saturated heterocycles. The number of unbranched alkanes of at least 4 members (excludes halogenated alkanes) is 2. The number of hydrogen-bond acceptors (Lipinski definition) is 6. The molecule has 7 nitrogen and oxygen atoms in total. The predicted octanol–water partition coefficient (Wildman–Crippen LogP) is 3.17. The van der Waals surface area contributed by atoms with Crippen LogP contribution >= 0.6 is 11.8 Å². The van der Waals surface area contributed by atoms with Crippen LogP contribution in [0.25, 0.3) is 0 Å². The van der Waals surface area contributed by atoms with Crippen molar-refractivity contribution in [2.24, 2.45) is 11.8 Å². The van der Waals surface area contributed by atoms with Crippen molar-refractivity contribution in [2.75, 3.05) is 26.3 Å². The molecular weight excluding hydrogens is 452 g/mol. The van der Waals surface area contributed by atoms with E-state index in [1.54, 1.807) is 33.7 Å². The van der Waals surface area contributed by atoms with Crippen LogP contribution in [0.1, 0.15) is 58.8 Å². The van der Waals surface area contributed by atoms with E-state index in [1.807, 2.05) is 6.92 Å². The molecule has 2 unspecified atom stereocenters. The zero-order chi connectivity index (χ0) is 24.9. The number of fused-ring (bicyclic) bond motifs is 1. The summed E-state index contributed by atoms with van der Waals surface area (Å²) in [6.45, 7) is 12.6. The molecule has 0 aromatic heterocycles. The van der Waals surface area contributed by atoms with Crippen molar-refractivity contribution in [2.45, 2.75) is 80.9 Å². The molecule has 3 heterocycles. The molecule has 1 spiro atoms. The maximum Gasteiger partial charge on any atom is 0.310 e. The van der Waals surface area contributed by atoms with Gasteiger partial charge in [-0.05, 0) is 32.1 Å². The summed E-state index contributed by atoms with van der Waals surface area (Å²) in [5.74, 6) is -1.78. The molecule has 190 valence electrons. The summed E-state index contributed by atoms with van der Waals surface area (Å²) in [6, 6.07) is -1.15. The number of amides is 2. The molecule has 6 atom stereocenters. The fourth-order valence-electron chi connectivity index (χ4n) is 5.96. The number of hydrogen-bond donors (Lipinski definition) is 1. The molecular formula is C26H40N2O5S. The molecule has 3 aliphatic heterocycles. The third-order valence-corrected chi connectivity index (χ3v) is 9.53. The molecule has 2 bridgehead atoms. The summed E-state index contributed by atoms with van der Waals surface area (Å²) < 4.78 is 4.86. The zero-order valence-electron chi connectivity index (χ0n) is 20.6. The van der Waals surface area contributed by atoms with Crippen LogP contribution in [0.15, 0.2) is 25.3 Å². The van der Waals surface area contributed by atoms with Gasteiger partial charge in [-0.2, -0.15) is 0 Å². The second-order valence-corrected chi connectivity index (χ2v) is 11.2. The topological polar surface area (TPSA) is 87.1 Å². The molecule has 3 fully saturated rings. The SMILES string of the molecule is C=CCCOC(=O)[C@@H]1[C@H]2C(=O)N([C@@H](CC)CO)C(C(=O)N(CC=C)CCCCC)C23CC[C@H]1S3. The van der Waals surface area contributed by atoms with Gasteiger partial charge < -0.3 is 19.6 Å². The molecule has 1 N–H and O–H groups in total. The molecule has 8 heteroatoms. The Kier molecular flexibility index (Phi) is 9.27. The molecule has 0 radical (unpaired) electrons. The third-order valence-electron chi connectivity index (χ3n) is 7.58. The van der Waals surface area contributed by atoms with Crippen LogP contribution < -0.4 is 0 Å². The van der Waals surface area contributed by atoms with E-state index in [0.717, 1.165) is 25.7 Å². The quantitative estimate of drug-likeness (QED) is 0.228. The summed E-state index contributed by atoms with van der Waals surface area (Å²) in [5, 5.41) is 10.1. The molecule has 0 saturated carbocycles. The zero-order valence-corrected chi connectivity index (χ0v) is 21.4. The minimum Gasteiger partial charge on any atom is -0.465 e. The van der Waals surface area contributed by atoms with Gasteiger partial charge in [0.2, 0.25) is 11.8 Å². The summed E-state index contributed by atoms with van der Waals surface area (Å²) in [5.41, 5.74) is 0. The smallest absolute Gasteiger partial charge is 0.310 e. The van der Waals surface area contributed by atoms with Crippen molar-refractivity contribution in [3.8, 4) is 0 Å². The minimum absolute atomic E-state index is 0.0234. The second kappa shape index (κ2) is 11.8. The number of nitrogens with zero attached hydrogens (tertiary/aromatic N) is 2. The van der Waals surface area contributed by atoms with Gasteiger partial charge in [0.1, 0.15) is 6.04 Å². The Labute approximate surface area is 208 Å². The first-order chi connectivity index (χ1) is 16.4. The lowest BCUT2D eigenvalue weighted by molar-refractivity contribution is -0.154. The van der Waals surface area contributed by atoms with Gasteiger partial charge in [0.25, 0.3) is 0 Å². The molecule has 3 rings (SSSR count). The Balaban J connectivity index is 1.97. The van der Waals surface area contributed by atoms with Crippen molar-refractivity contribution in [3.63, 3.8) is 0 Å². The van der Waals surface area contributed by atoms with E-state index in [1.165, 1.54) is 0 Å². The maximum atomic E-state index is 14.1. The van der Waals surface area contributed by atoms with E-state index in [4.69, 9.17) is 4.74 Å². The van der Waals surface area contributed by atoms with Crippen molar-refractivity contribution in [3.05, 3.63) is 25.3 Å². The van der Waals surface area contributed by atoms with Gasteiger partial charge >= 0.3 is 5.97 Å².